The van der Waals surface area contributed by atoms with Gasteiger partial charge < -0.3 is 19.3 Å². The third-order valence-corrected chi connectivity index (χ3v) is 6.26. The molecule has 1 fully saturated rings. The predicted octanol–water partition coefficient (Wildman–Crippen LogP) is 6.42. The fourth-order valence-corrected chi connectivity index (χ4v) is 4.32. The molecule has 36 heavy (non-hydrogen) atoms. The van der Waals surface area contributed by atoms with Gasteiger partial charge in [0.05, 0.1) is 13.2 Å². The third-order valence-electron chi connectivity index (χ3n) is 6.26. The Labute approximate surface area is 208 Å². The molecule has 1 saturated heterocycles. The van der Waals surface area contributed by atoms with Crippen LogP contribution in [-0.2, 0) is 15.3 Å². The number of hydrogen-bond acceptors (Lipinski definition) is 5. The van der Waals surface area contributed by atoms with Crippen LogP contribution in [0.1, 0.15) is 38.2 Å². The molecule has 0 radical (unpaired) electrons. The van der Waals surface area contributed by atoms with Crippen LogP contribution in [0, 0.1) is 19.7 Å². The minimum absolute atomic E-state index is 0.173. The van der Waals surface area contributed by atoms with Gasteiger partial charge in [0.2, 0.25) is 5.79 Å². The maximum absolute atomic E-state index is 13.6. The minimum Gasteiger partial charge on any atom is -0.508 e. The van der Waals surface area contributed by atoms with E-state index in [4.69, 9.17) is 14.2 Å². The van der Waals surface area contributed by atoms with Gasteiger partial charge in [-0.15, -0.1) is 0 Å². The van der Waals surface area contributed by atoms with Gasteiger partial charge in [-0.1, -0.05) is 0 Å². The van der Waals surface area contributed by atoms with Crippen LogP contribution < -0.4 is 4.74 Å². The molecule has 0 bridgehead atoms. The summed E-state index contributed by atoms with van der Waals surface area (Å²) in [7, 11) is 0. The third kappa shape index (κ3) is 4.49. The van der Waals surface area contributed by atoms with Crippen LogP contribution in [0.25, 0.3) is 0 Å². The average molecular weight is 485 g/mol. The van der Waals surface area contributed by atoms with Gasteiger partial charge in [-0.25, -0.2) is 4.39 Å². The molecule has 0 amide bonds. The van der Waals surface area contributed by atoms with E-state index in [1.807, 2.05) is 31.2 Å². The number of benzene rings is 4. The molecule has 4 aromatic carbocycles. The molecule has 6 heteroatoms. The van der Waals surface area contributed by atoms with Crippen molar-refractivity contribution in [2.24, 2.45) is 0 Å². The van der Waals surface area contributed by atoms with Crippen molar-refractivity contribution in [2.75, 3.05) is 13.2 Å². The standard InChI is InChI=1S/C30H25FO5/c1-19-17-21(3-13-27(19)31)29(33)22-4-14-28(20(2)18-22)36-26-11-7-24(8-12-26)30(34-15-16-35-30)23-5-9-25(32)10-6-23/h3-14,17-18,32H,15-16H2,1-2H3. The molecule has 0 unspecified atom stereocenters. The molecule has 5 rings (SSSR count). The lowest BCUT2D eigenvalue weighted by molar-refractivity contribution is -0.129. The number of halogens is 1. The molecular formula is C30H25FO5. The quantitative estimate of drug-likeness (QED) is 0.320. The Hall–Kier alpha value is -4.00. The zero-order chi connectivity index (χ0) is 25.3. The van der Waals surface area contributed by atoms with Gasteiger partial charge in [-0.05, 0) is 110 Å². The van der Waals surface area contributed by atoms with Crippen molar-refractivity contribution in [2.45, 2.75) is 19.6 Å². The van der Waals surface area contributed by atoms with Crippen LogP contribution in [0.5, 0.6) is 17.2 Å². The summed E-state index contributed by atoms with van der Waals surface area (Å²) in [5.74, 6) is -0.134. The molecule has 5 nitrogen and oxygen atoms in total. The van der Waals surface area contributed by atoms with Crippen molar-refractivity contribution in [3.8, 4) is 17.2 Å². The molecule has 1 N–H and O–H groups in total. The summed E-state index contributed by atoms with van der Waals surface area (Å²) in [6, 6.07) is 23.8. The zero-order valence-electron chi connectivity index (χ0n) is 20.0. The second-order valence-electron chi connectivity index (χ2n) is 8.76. The van der Waals surface area contributed by atoms with Crippen LogP contribution in [0.4, 0.5) is 4.39 Å². The number of aryl methyl sites for hydroxylation is 2. The van der Waals surface area contributed by atoms with E-state index < -0.39 is 5.79 Å². The fraction of sp³-hybridized carbons (Fsp3) is 0.167. The highest BCUT2D eigenvalue weighted by molar-refractivity contribution is 6.09. The second kappa shape index (κ2) is 9.57. The van der Waals surface area contributed by atoms with E-state index in [1.54, 1.807) is 55.5 Å². The molecule has 0 spiro atoms. The highest BCUT2D eigenvalue weighted by atomic mass is 19.1. The summed E-state index contributed by atoms with van der Waals surface area (Å²) in [4.78, 5) is 12.9. The highest BCUT2D eigenvalue weighted by Crippen LogP contribution is 2.40. The molecule has 0 saturated carbocycles. The lowest BCUT2D eigenvalue weighted by Crippen LogP contribution is -2.28. The summed E-state index contributed by atoms with van der Waals surface area (Å²) in [5.41, 5.74) is 3.78. The number of carbonyl (C=O) groups is 1. The lowest BCUT2D eigenvalue weighted by Gasteiger charge is -2.28. The topological polar surface area (TPSA) is 65.0 Å². The molecule has 182 valence electrons. The van der Waals surface area contributed by atoms with Gasteiger partial charge in [-0.2, -0.15) is 0 Å². The van der Waals surface area contributed by atoms with Crippen LogP contribution in [-0.4, -0.2) is 24.1 Å². The van der Waals surface area contributed by atoms with Crippen molar-refractivity contribution < 1.29 is 28.5 Å². The summed E-state index contributed by atoms with van der Waals surface area (Å²) in [6.45, 7) is 4.43. The molecular weight excluding hydrogens is 459 g/mol. The normalized spacial score (nSPS) is 14.5. The van der Waals surface area contributed by atoms with Gasteiger partial charge in [-0.3, -0.25) is 4.79 Å². The largest absolute Gasteiger partial charge is 0.508 e. The van der Waals surface area contributed by atoms with E-state index >= 15 is 0 Å². The average Bonchev–Trinajstić information content (AvgIpc) is 3.38. The second-order valence-corrected chi connectivity index (χ2v) is 8.76. The smallest absolute Gasteiger partial charge is 0.222 e. The predicted molar refractivity (Wildman–Crippen MR) is 133 cm³/mol. The number of ketones is 1. The van der Waals surface area contributed by atoms with E-state index in [2.05, 4.69) is 0 Å². The molecule has 1 aliphatic heterocycles. The first-order chi connectivity index (χ1) is 17.4. The first kappa shape index (κ1) is 23.7. The molecule has 0 aliphatic carbocycles. The maximum atomic E-state index is 13.6. The van der Waals surface area contributed by atoms with Gasteiger partial charge in [0.25, 0.3) is 0 Å². The van der Waals surface area contributed by atoms with E-state index in [-0.39, 0.29) is 17.3 Å². The fourth-order valence-electron chi connectivity index (χ4n) is 4.32. The maximum Gasteiger partial charge on any atom is 0.222 e. The van der Waals surface area contributed by atoms with Crippen LogP contribution in [0.15, 0.2) is 84.9 Å². The Morgan fingerprint density at radius 2 is 1.36 bits per heavy atom. The van der Waals surface area contributed by atoms with E-state index in [9.17, 15) is 14.3 Å². The van der Waals surface area contributed by atoms with Gasteiger partial charge in [0.15, 0.2) is 5.78 Å². The molecule has 4 aromatic rings. The van der Waals surface area contributed by atoms with Crippen LogP contribution in [0.3, 0.4) is 0 Å². The molecule has 1 heterocycles. The van der Waals surface area contributed by atoms with Crippen LogP contribution >= 0.6 is 0 Å². The van der Waals surface area contributed by atoms with E-state index in [0.29, 0.717) is 41.4 Å². The number of phenols is 1. The number of rotatable bonds is 6. The van der Waals surface area contributed by atoms with Crippen LogP contribution in [0.2, 0.25) is 0 Å². The van der Waals surface area contributed by atoms with Crippen molar-refractivity contribution in [1.29, 1.82) is 0 Å². The Morgan fingerprint density at radius 3 is 1.94 bits per heavy atom. The van der Waals surface area contributed by atoms with Gasteiger partial charge >= 0.3 is 0 Å². The number of carbonyl (C=O) groups excluding carboxylic acids is 1. The van der Waals surface area contributed by atoms with E-state index in [0.717, 1.165) is 16.7 Å². The molecule has 0 atom stereocenters. The zero-order valence-corrected chi connectivity index (χ0v) is 20.0. The Bertz CT molecular complexity index is 1400. The number of aromatic hydroxyl groups is 1. The monoisotopic (exact) mass is 484 g/mol. The summed E-state index contributed by atoms with van der Waals surface area (Å²) in [5, 5.41) is 9.65. The summed E-state index contributed by atoms with van der Waals surface area (Å²) < 4.78 is 31.7. The van der Waals surface area contributed by atoms with Gasteiger partial charge in [0, 0.05) is 22.3 Å². The Morgan fingerprint density at radius 1 is 0.806 bits per heavy atom. The molecule has 1 aliphatic rings. The highest BCUT2D eigenvalue weighted by Gasteiger charge is 2.40. The van der Waals surface area contributed by atoms with Crippen molar-refractivity contribution in [1.82, 2.24) is 0 Å². The molecule has 0 aromatic heterocycles. The van der Waals surface area contributed by atoms with Gasteiger partial charge in [0.1, 0.15) is 23.1 Å². The SMILES string of the molecule is Cc1cc(C(=O)c2ccc(Oc3ccc(C4(c5ccc(O)cc5)OCCO4)cc3)c(C)c2)ccc1F. The Kier molecular flexibility index (Phi) is 6.31. The minimum atomic E-state index is -1.04. The number of ether oxygens (including phenoxy) is 3. The van der Waals surface area contributed by atoms with E-state index in [1.165, 1.54) is 12.1 Å². The first-order valence-corrected chi connectivity index (χ1v) is 11.6. The number of hydrogen-bond donors (Lipinski definition) is 1. The first-order valence-electron chi connectivity index (χ1n) is 11.6. The summed E-state index contributed by atoms with van der Waals surface area (Å²) in [6.07, 6.45) is 0. The van der Waals surface area contributed by atoms with Crippen molar-refractivity contribution >= 4 is 5.78 Å². The number of phenolic OH excluding ortho intramolecular Hbond substituents is 1. The Balaban J connectivity index is 1.35. The summed E-state index contributed by atoms with van der Waals surface area (Å²) >= 11 is 0. The van der Waals surface area contributed by atoms with Crippen molar-refractivity contribution in [3.05, 3.63) is 124 Å². The van der Waals surface area contributed by atoms with Crippen molar-refractivity contribution in [3.63, 3.8) is 0 Å². The lowest BCUT2D eigenvalue weighted by atomic mass is 9.97.